The van der Waals surface area contributed by atoms with Crippen LogP contribution in [0.25, 0.3) is 0 Å². The van der Waals surface area contributed by atoms with Gasteiger partial charge in [-0.05, 0) is 32.9 Å². The zero-order chi connectivity index (χ0) is 12.3. The molecule has 0 aliphatic heterocycles. The van der Waals surface area contributed by atoms with Crippen molar-refractivity contribution in [2.75, 3.05) is 24.3 Å². The van der Waals surface area contributed by atoms with E-state index in [0.29, 0.717) is 0 Å². The van der Waals surface area contributed by atoms with Gasteiger partial charge < -0.3 is 15.3 Å². The molecule has 0 bridgehead atoms. The Morgan fingerprint density at radius 2 is 2.06 bits per heavy atom. The number of nitrogens with zero attached hydrogens (tertiary/aromatic N) is 2. The summed E-state index contributed by atoms with van der Waals surface area (Å²) in [5.41, 5.74) is 0.168. The summed E-state index contributed by atoms with van der Waals surface area (Å²) < 4.78 is 0. The summed E-state index contributed by atoms with van der Waals surface area (Å²) in [5, 5.41) is 13.2. The molecule has 0 radical (unpaired) electrons. The summed E-state index contributed by atoms with van der Waals surface area (Å²) in [5.74, 6) is 0.874. The van der Waals surface area contributed by atoms with Crippen LogP contribution in [0.2, 0.25) is 0 Å². The van der Waals surface area contributed by atoms with E-state index >= 15 is 0 Å². The second kappa shape index (κ2) is 4.70. The Balaban J connectivity index is 2.89. The summed E-state index contributed by atoms with van der Waals surface area (Å²) in [7, 11) is 3.89. The molecule has 0 amide bonds. The predicted octanol–water partition coefficient (Wildman–Crippen LogP) is 1.72. The monoisotopic (exact) mass is 223 g/mol. The van der Waals surface area contributed by atoms with Crippen molar-refractivity contribution in [1.82, 2.24) is 4.98 Å². The number of hydrogen-bond acceptors (Lipinski definition) is 4. The Morgan fingerprint density at radius 1 is 1.44 bits per heavy atom. The summed E-state index contributed by atoms with van der Waals surface area (Å²) >= 11 is 0. The van der Waals surface area contributed by atoms with Crippen LogP contribution in [-0.2, 0) is 0 Å². The van der Waals surface area contributed by atoms with Crippen LogP contribution in [0.5, 0.6) is 0 Å². The molecule has 0 aliphatic rings. The lowest BCUT2D eigenvalue weighted by atomic mass is 10.0. The second-order valence-corrected chi connectivity index (χ2v) is 4.79. The van der Waals surface area contributed by atoms with Gasteiger partial charge in [0.15, 0.2) is 5.82 Å². The second-order valence-electron chi connectivity index (χ2n) is 4.79. The van der Waals surface area contributed by atoms with Gasteiger partial charge >= 0.3 is 0 Å². The van der Waals surface area contributed by atoms with Gasteiger partial charge in [0, 0.05) is 20.3 Å². The smallest absolute Gasteiger partial charge is 0.151 e. The van der Waals surface area contributed by atoms with E-state index in [9.17, 15) is 5.11 Å². The maximum Gasteiger partial charge on any atom is 0.151 e. The normalized spacial score (nSPS) is 13.4. The quantitative estimate of drug-likeness (QED) is 0.816. The Kier molecular flexibility index (Phi) is 3.75. The maximum absolute atomic E-state index is 9.88. The third kappa shape index (κ3) is 3.10. The molecular weight excluding hydrogens is 202 g/mol. The Morgan fingerprint density at radius 3 is 2.56 bits per heavy atom. The molecule has 1 heterocycles. The molecule has 0 saturated heterocycles. The zero-order valence-electron chi connectivity index (χ0n) is 10.7. The number of hydrogen-bond donors (Lipinski definition) is 2. The van der Waals surface area contributed by atoms with Crippen molar-refractivity contribution in [2.24, 2.45) is 0 Å². The molecule has 4 heteroatoms. The average Bonchev–Trinajstić information content (AvgIpc) is 2.16. The number of aliphatic hydroxyl groups is 1. The predicted molar refractivity (Wildman–Crippen MR) is 67.9 cm³/mol. The van der Waals surface area contributed by atoms with Crippen LogP contribution < -0.4 is 10.2 Å². The highest BCUT2D eigenvalue weighted by atomic mass is 16.3. The van der Waals surface area contributed by atoms with E-state index in [1.165, 1.54) is 0 Å². The largest absolute Gasteiger partial charge is 0.388 e. The van der Waals surface area contributed by atoms with Crippen LogP contribution in [0.1, 0.15) is 20.8 Å². The van der Waals surface area contributed by atoms with Gasteiger partial charge in [-0.3, -0.25) is 0 Å². The van der Waals surface area contributed by atoms with Crippen LogP contribution in [0.3, 0.4) is 0 Å². The Bertz CT molecular complexity index is 344. The molecule has 0 spiro atoms. The maximum atomic E-state index is 9.88. The molecule has 16 heavy (non-hydrogen) atoms. The van der Waals surface area contributed by atoms with E-state index < -0.39 is 5.60 Å². The molecule has 0 saturated carbocycles. The van der Waals surface area contributed by atoms with Gasteiger partial charge in [0.25, 0.3) is 0 Å². The van der Waals surface area contributed by atoms with Crippen molar-refractivity contribution >= 4 is 11.5 Å². The lowest BCUT2D eigenvalue weighted by molar-refractivity contribution is 0.0649. The fraction of sp³-hybridized carbons (Fsp3) is 0.583. The van der Waals surface area contributed by atoms with Crippen molar-refractivity contribution in [2.45, 2.75) is 32.4 Å². The number of anilines is 2. The average molecular weight is 223 g/mol. The lowest BCUT2D eigenvalue weighted by Gasteiger charge is -2.29. The summed E-state index contributed by atoms with van der Waals surface area (Å²) in [4.78, 5) is 6.24. The third-order valence-electron chi connectivity index (χ3n) is 2.64. The molecule has 1 atom stereocenters. The SMILES string of the molecule is CC(Nc1cccnc1N(C)C)C(C)(C)O. The minimum Gasteiger partial charge on any atom is -0.388 e. The Labute approximate surface area is 97.3 Å². The van der Waals surface area contributed by atoms with E-state index in [1.54, 1.807) is 20.0 Å². The first kappa shape index (κ1) is 12.8. The molecule has 1 unspecified atom stereocenters. The van der Waals surface area contributed by atoms with Gasteiger partial charge in [0.2, 0.25) is 0 Å². The van der Waals surface area contributed by atoms with Crippen LogP contribution in [-0.4, -0.2) is 35.8 Å². The first-order chi connectivity index (χ1) is 7.32. The number of pyridine rings is 1. The van der Waals surface area contributed by atoms with E-state index in [-0.39, 0.29) is 6.04 Å². The minimum atomic E-state index is -0.764. The molecule has 1 aromatic heterocycles. The third-order valence-corrected chi connectivity index (χ3v) is 2.64. The summed E-state index contributed by atoms with van der Waals surface area (Å²) in [6.07, 6.45) is 1.76. The molecule has 90 valence electrons. The van der Waals surface area contributed by atoms with Crippen molar-refractivity contribution in [3.63, 3.8) is 0 Å². The number of aromatic nitrogens is 1. The highest BCUT2D eigenvalue weighted by Crippen LogP contribution is 2.23. The van der Waals surface area contributed by atoms with E-state index in [2.05, 4.69) is 10.3 Å². The molecule has 4 nitrogen and oxygen atoms in total. The first-order valence-corrected chi connectivity index (χ1v) is 5.43. The summed E-state index contributed by atoms with van der Waals surface area (Å²) in [6.45, 7) is 5.53. The minimum absolute atomic E-state index is 0.0459. The van der Waals surface area contributed by atoms with Crippen molar-refractivity contribution < 1.29 is 5.11 Å². The van der Waals surface area contributed by atoms with Crippen LogP contribution in [0.4, 0.5) is 11.5 Å². The molecule has 2 N–H and O–H groups in total. The molecule has 0 aliphatic carbocycles. The number of rotatable bonds is 4. The topological polar surface area (TPSA) is 48.4 Å². The van der Waals surface area contributed by atoms with Gasteiger partial charge in [-0.25, -0.2) is 4.98 Å². The standard InChI is InChI=1S/C12H21N3O/c1-9(12(2,3)16)14-10-7-6-8-13-11(10)15(4)5/h6-9,14,16H,1-5H3. The highest BCUT2D eigenvalue weighted by Gasteiger charge is 2.23. The molecule has 1 rings (SSSR count). The van der Waals surface area contributed by atoms with Crippen LogP contribution in [0, 0.1) is 0 Å². The fourth-order valence-corrected chi connectivity index (χ4v) is 1.28. The van der Waals surface area contributed by atoms with Gasteiger partial charge in [-0.1, -0.05) is 0 Å². The Hall–Kier alpha value is -1.29. The zero-order valence-corrected chi connectivity index (χ0v) is 10.7. The van der Waals surface area contributed by atoms with Crippen LogP contribution >= 0.6 is 0 Å². The highest BCUT2D eigenvalue weighted by molar-refractivity contribution is 5.65. The molecule has 0 fully saturated rings. The lowest BCUT2D eigenvalue weighted by Crippen LogP contribution is -2.39. The van der Waals surface area contributed by atoms with Crippen molar-refractivity contribution in [3.05, 3.63) is 18.3 Å². The van der Waals surface area contributed by atoms with Gasteiger partial charge in [-0.2, -0.15) is 0 Å². The van der Waals surface area contributed by atoms with E-state index in [1.807, 2.05) is 38.1 Å². The molecule has 0 aromatic carbocycles. The summed E-state index contributed by atoms with van der Waals surface area (Å²) in [6, 6.07) is 3.80. The van der Waals surface area contributed by atoms with Gasteiger partial charge in [-0.15, -0.1) is 0 Å². The first-order valence-electron chi connectivity index (χ1n) is 5.43. The van der Waals surface area contributed by atoms with Crippen molar-refractivity contribution in [3.8, 4) is 0 Å². The molecular formula is C12H21N3O. The van der Waals surface area contributed by atoms with Crippen molar-refractivity contribution in [1.29, 1.82) is 0 Å². The van der Waals surface area contributed by atoms with Gasteiger partial charge in [0.1, 0.15) is 0 Å². The van der Waals surface area contributed by atoms with Crippen LogP contribution in [0.15, 0.2) is 18.3 Å². The number of nitrogens with one attached hydrogen (secondary N) is 1. The van der Waals surface area contributed by atoms with E-state index in [4.69, 9.17) is 0 Å². The van der Waals surface area contributed by atoms with E-state index in [0.717, 1.165) is 11.5 Å². The molecule has 1 aromatic rings. The van der Waals surface area contributed by atoms with Gasteiger partial charge in [0.05, 0.1) is 17.3 Å². The fourth-order valence-electron chi connectivity index (χ4n) is 1.28.